The van der Waals surface area contributed by atoms with Gasteiger partial charge in [-0.3, -0.25) is 0 Å². The molecule has 1 amide bonds. The molecule has 1 heterocycles. The highest BCUT2D eigenvalue weighted by atomic mass is 32.2. The lowest BCUT2D eigenvalue weighted by atomic mass is 10.6. The van der Waals surface area contributed by atoms with E-state index in [0.29, 0.717) is 5.88 Å². The van der Waals surface area contributed by atoms with Crippen LogP contribution in [0.25, 0.3) is 0 Å². The molecule has 5 nitrogen and oxygen atoms in total. The number of carbonyl (C=O) groups is 1. The van der Waals surface area contributed by atoms with Gasteiger partial charge in [-0.05, 0) is 6.92 Å². The fourth-order valence-electron chi connectivity index (χ4n) is 0.628. The third kappa shape index (κ3) is 2.83. The molecule has 0 radical (unpaired) electrons. The summed E-state index contributed by atoms with van der Waals surface area (Å²) in [6.07, 6.45) is 0.675. The van der Waals surface area contributed by atoms with Crippen LogP contribution in [0.5, 0.6) is 0 Å². The number of nitrogens with one attached hydrogen (secondary N) is 2. The normalized spacial score (nSPS) is 9.75. The first-order valence-corrected chi connectivity index (χ1v) is 4.28. The van der Waals surface area contributed by atoms with Gasteiger partial charge in [-0.25, -0.2) is 9.78 Å². The zero-order valence-electron chi connectivity index (χ0n) is 6.50. The second-order valence-corrected chi connectivity index (χ2v) is 3.11. The molecule has 66 valence electrons. The molecular weight excluding hydrogens is 178 g/mol. The first-order valence-electron chi connectivity index (χ1n) is 3.29. The Hall–Kier alpha value is -1.17. The highest BCUT2D eigenvalue weighted by Crippen LogP contribution is 2.10. The van der Waals surface area contributed by atoms with Crippen LogP contribution in [0.4, 0.5) is 4.79 Å². The Bertz CT molecular complexity index is 274. The Labute approximate surface area is 73.6 Å². The van der Waals surface area contributed by atoms with E-state index in [9.17, 15) is 4.79 Å². The van der Waals surface area contributed by atoms with Gasteiger partial charge < -0.3 is 15.4 Å². The standard InChI is InChI=1S/C6H9N3O2S/c1-4-2-7-5(9-4)12-3-8-6(10)11/h2,8H,3H2,1H3,(H,7,9)(H,10,11). The van der Waals surface area contributed by atoms with Crippen molar-refractivity contribution in [3.63, 3.8) is 0 Å². The molecule has 1 aromatic rings. The zero-order chi connectivity index (χ0) is 8.97. The molecule has 0 saturated heterocycles. The van der Waals surface area contributed by atoms with Gasteiger partial charge in [0, 0.05) is 11.9 Å². The predicted octanol–water partition coefficient (Wildman–Crippen LogP) is 1.04. The van der Waals surface area contributed by atoms with Gasteiger partial charge in [0.25, 0.3) is 0 Å². The van der Waals surface area contributed by atoms with E-state index in [-0.39, 0.29) is 0 Å². The van der Waals surface area contributed by atoms with Crippen molar-refractivity contribution in [3.05, 3.63) is 11.9 Å². The summed E-state index contributed by atoms with van der Waals surface area (Å²) < 4.78 is 0. The molecule has 1 rings (SSSR count). The molecule has 6 heteroatoms. The Balaban J connectivity index is 2.29. The van der Waals surface area contributed by atoms with Crippen LogP contribution in [0, 0.1) is 6.92 Å². The average molecular weight is 187 g/mol. The number of thioether (sulfide) groups is 1. The van der Waals surface area contributed by atoms with Gasteiger partial charge in [0.2, 0.25) is 0 Å². The second kappa shape index (κ2) is 4.01. The van der Waals surface area contributed by atoms with Crippen LogP contribution < -0.4 is 5.32 Å². The summed E-state index contributed by atoms with van der Waals surface area (Å²) in [7, 11) is 0. The van der Waals surface area contributed by atoms with E-state index in [1.54, 1.807) is 6.20 Å². The van der Waals surface area contributed by atoms with Gasteiger partial charge in [-0.1, -0.05) is 11.8 Å². The van der Waals surface area contributed by atoms with Gasteiger partial charge >= 0.3 is 6.09 Å². The maximum Gasteiger partial charge on any atom is 0.405 e. The quantitative estimate of drug-likeness (QED) is 0.488. The number of nitrogens with zero attached hydrogens (tertiary/aromatic N) is 1. The summed E-state index contributed by atoms with van der Waals surface area (Å²) in [6, 6.07) is 0. The largest absolute Gasteiger partial charge is 0.465 e. The lowest BCUT2D eigenvalue weighted by Gasteiger charge is -1.96. The van der Waals surface area contributed by atoms with Crippen molar-refractivity contribution in [3.8, 4) is 0 Å². The minimum Gasteiger partial charge on any atom is -0.465 e. The number of rotatable bonds is 3. The first-order chi connectivity index (χ1) is 5.68. The van der Waals surface area contributed by atoms with Crippen molar-refractivity contribution < 1.29 is 9.90 Å². The molecular formula is C6H9N3O2S. The number of aryl methyl sites for hydroxylation is 1. The monoisotopic (exact) mass is 187 g/mol. The number of hydrogen-bond donors (Lipinski definition) is 3. The van der Waals surface area contributed by atoms with Crippen LogP contribution in [0.3, 0.4) is 0 Å². The molecule has 0 aliphatic heterocycles. The maximum absolute atomic E-state index is 10.0. The van der Waals surface area contributed by atoms with Crippen LogP contribution >= 0.6 is 11.8 Å². The van der Waals surface area contributed by atoms with Gasteiger partial charge in [-0.2, -0.15) is 0 Å². The molecule has 0 aromatic carbocycles. The molecule has 12 heavy (non-hydrogen) atoms. The minimum absolute atomic E-state index is 0.308. The summed E-state index contributed by atoms with van der Waals surface area (Å²) in [5.41, 5.74) is 0.966. The van der Waals surface area contributed by atoms with Gasteiger partial charge in [0.05, 0.1) is 5.88 Å². The zero-order valence-corrected chi connectivity index (χ0v) is 7.31. The number of carboxylic acid groups (broad SMARTS) is 1. The second-order valence-electron chi connectivity index (χ2n) is 2.14. The number of H-pyrrole nitrogens is 1. The van der Waals surface area contributed by atoms with Crippen LogP contribution in [0.1, 0.15) is 5.69 Å². The summed E-state index contributed by atoms with van der Waals surface area (Å²) >= 11 is 1.31. The highest BCUT2D eigenvalue weighted by molar-refractivity contribution is 7.99. The van der Waals surface area contributed by atoms with Crippen molar-refractivity contribution in [2.45, 2.75) is 12.1 Å². The topological polar surface area (TPSA) is 78.0 Å². The predicted molar refractivity (Wildman–Crippen MR) is 45.2 cm³/mol. The molecule has 0 aliphatic rings. The molecule has 0 fully saturated rings. The number of aromatic nitrogens is 2. The van der Waals surface area contributed by atoms with E-state index in [1.165, 1.54) is 11.8 Å². The summed E-state index contributed by atoms with van der Waals surface area (Å²) in [5, 5.41) is 11.2. The van der Waals surface area contributed by atoms with E-state index in [1.807, 2.05) is 6.92 Å². The lowest BCUT2D eigenvalue weighted by Crippen LogP contribution is -2.19. The number of amides is 1. The van der Waals surface area contributed by atoms with Crippen LogP contribution in [-0.2, 0) is 0 Å². The third-order valence-corrected chi connectivity index (χ3v) is 1.88. The Morgan fingerprint density at radius 3 is 3.17 bits per heavy atom. The van der Waals surface area contributed by atoms with Crippen molar-refractivity contribution in [1.29, 1.82) is 0 Å². The lowest BCUT2D eigenvalue weighted by molar-refractivity contribution is 0.196. The van der Waals surface area contributed by atoms with Crippen molar-refractivity contribution in [1.82, 2.24) is 15.3 Å². The van der Waals surface area contributed by atoms with E-state index < -0.39 is 6.09 Å². The van der Waals surface area contributed by atoms with Crippen molar-refractivity contribution in [2.24, 2.45) is 0 Å². The molecule has 0 unspecified atom stereocenters. The summed E-state index contributed by atoms with van der Waals surface area (Å²) in [6.45, 7) is 1.89. The third-order valence-electron chi connectivity index (χ3n) is 1.11. The molecule has 0 saturated carbocycles. The van der Waals surface area contributed by atoms with Crippen LogP contribution in [-0.4, -0.2) is 27.0 Å². The minimum atomic E-state index is -1.02. The van der Waals surface area contributed by atoms with Gasteiger partial charge in [-0.15, -0.1) is 0 Å². The molecule has 0 aliphatic carbocycles. The highest BCUT2D eigenvalue weighted by Gasteiger charge is 1.98. The number of aromatic amines is 1. The van der Waals surface area contributed by atoms with Crippen molar-refractivity contribution in [2.75, 3.05) is 5.88 Å². The SMILES string of the molecule is Cc1cnc(SCNC(=O)O)[nH]1. The van der Waals surface area contributed by atoms with Crippen molar-refractivity contribution >= 4 is 17.9 Å². The van der Waals surface area contributed by atoms with E-state index in [0.717, 1.165) is 10.9 Å². The van der Waals surface area contributed by atoms with E-state index in [4.69, 9.17) is 5.11 Å². The summed E-state index contributed by atoms with van der Waals surface area (Å²) in [4.78, 5) is 17.0. The van der Waals surface area contributed by atoms with Gasteiger partial charge in [0.15, 0.2) is 5.16 Å². The molecule has 0 atom stereocenters. The van der Waals surface area contributed by atoms with Gasteiger partial charge in [0.1, 0.15) is 0 Å². The summed E-state index contributed by atoms with van der Waals surface area (Å²) in [5.74, 6) is 0.308. The van der Waals surface area contributed by atoms with Crippen LogP contribution in [0.15, 0.2) is 11.4 Å². The number of hydrogen-bond acceptors (Lipinski definition) is 3. The Morgan fingerprint density at radius 2 is 2.67 bits per heavy atom. The molecule has 0 bridgehead atoms. The first kappa shape index (κ1) is 8.92. The van der Waals surface area contributed by atoms with E-state index in [2.05, 4.69) is 15.3 Å². The fourth-order valence-corrected chi connectivity index (χ4v) is 1.32. The molecule has 3 N–H and O–H groups in total. The number of imidazole rings is 1. The Morgan fingerprint density at radius 1 is 1.92 bits per heavy atom. The Kier molecular flexibility index (Phi) is 2.98. The molecule has 1 aromatic heterocycles. The van der Waals surface area contributed by atoms with Crippen LogP contribution in [0.2, 0.25) is 0 Å². The average Bonchev–Trinajstić information content (AvgIpc) is 2.35. The molecule has 0 spiro atoms. The van der Waals surface area contributed by atoms with E-state index >= 15 is 0 Å². The smallest absolute Gasteiger partial charge is 0.405 e. The fraction of sp³-hybridized carbons (Fsp3) is 0.333. The maximum atomic E-state index is 10.0.